The van der Waals surface area contributed by atoms with Crippen molar-refractivity contribution in [2.24, 2.45) is 0 Å². The standard InChI is InChI=1S/C13H20N4OS/c1-10(18)16-6-4-13(5-7-16)19-9-11-8-17(15-14-11)12-2-3-12/h8,12-13H,2-7,9H2,1H3. The average molecular weight is 280 g/mol. The van der Waals surface area contributed by atoms with Crippen LogP contribution in [0.2, 0.25) is 0 Å². The lowest BCUT2D eigenvalue weighted by atomic mass is 10.1. The van der Waals surface area contributed by atoms with Crippen LogP contribution in [-0.4, -0.2) is 44.1 Å². The van der Waals surface area contributed by atoms with Gasteiger partial charge in [-0.3, -0.25) is 4.79 Å². The molecule has 5 nitrogen and oxygen atoms in total. The second-order valence-electron chi connectivity index (χ2n) is 5.44. The van der Waals surface area contributed by atoms with Crippen molar-refractivity contribution < 1.29 is 4.79 Å². The maximum Gasteiger partial charge on any atom is 0.219 e. The van der Waals surface area contributed by atoms with Gasteiger partial charge in [0.25, 0.3) is 0 Å². The predicted molar refractivity (Wildman–Crippen MR) is 74.9 cm³/mol. The summed E-state index contributed by atoms with van der Waals surface area (Å²) in [4.78, 5) is 13.2. The molecule has 0 aromatic carbocycles. The molecule has 2 aliphatic rings. The maximum absolute atomic E-state index is 11.3. The molecule has 2 heterocycles. The summed E-state index contributed by atoms with van der Waals surface area (Å²) in [5.41, 5.74) is 1.09. The number of nitrogens with zero attached hydrogens (tertiary/aromatic N) is 4. The summed E-state index contributed by atoms with van der Waals surface area (Å²) in [6.45, 7) is 3.47. The fourth-order valence-corrected chi connectivity index (χ4v) is 3.52. The van der Waals surface area contributed by atoms with Crippen molar-refractivity contribution in [3.63, 3.8) is 0 Å². The fraction of sp³-hybridized carbons (Fsp3) is 0.769. The fourth-order valence-electron chi connectivity index (χ4n) is 2.44. The summed E-state index contributed by atoms with van der Waals surface area (Å²) in [6, 6.07) is 0.616. The molecule has 1 saturated carbocycles. The normalized spacial score (nSPS) is 20.8. The molecule has 0 radical (unpaired) electrons. The van der Waals surface area contributed by atoms with E-state index in [2.05, 4.69) is 16.5 Å². The Hall–Kier alpha value is -1.04. The van der Waals surface area contributed by atoms with E-state index in [0.717, 1.165) is 37.4 Å². The number of aromatic nitrogens is 3. The Labute approximate surface area is 117 Å². The van der Waals surface area contributed by atoms with E-state index in [9.17, 15) is 4.79 Å². The molecule has 1 aromatic heterocycles. The molecule has 1 aliphatic heterocycles. The van der Waals surface area contributed by atoms with Crippen molar-refractivity contribution >= 4 is 17.7 Å². The van der Waals surface area contributed by atoms with Gasteiger partial charge in [0.15, 0.2) is 0 Å². The van der Waals surface area contributed by atoms with Crippen LogP contribution in [0, 0.1) is 0 Å². The molecular formula is C13H20N4OS. The highest BCUT2D eigenvalue weighted by molar-refractivity contribution is 7.99. The number of piperidine rings is 1. The molecule has 0 bridgehead atoms. The zero-order valence-corrected chi connectivity index (χ0v) is 12.1. The van der Waals surface area contributed by atoms with Gasteiger partial charge in [-0.15, -0.1) is 5.10 Å². The van der Waals surface area contributed by atoms with Crippen LogP contribution in [0.4, 0.5) is 0 Å². The summed E-state index contributed by atoms with van der Waals surface area (Å²) < 4.78 is 2.01. The van der Waals surface area contributed by atoms with Crippen molar-refractivity contribution in [1.29, 1.82) is 0 Å². The minimum absolute atomic E-state index is 0.204. The van der Waals surface area contributed by atoms with Crippen LogP contribution in [0.1, 0.15) is 44.3 Å². The number of hydrogen-bond acceptors (Lipinski definition) is 4. The number of thioether (sulfide) groups is 1. The van der Waals surface area contributed by atoms with E-state index in [1.165, 1.54) is 12.8 Å². The molecule has 3 rings (SSSR count). The molecular weight excluding hydrogens is 260 g/mol. The van der Waals surface area contributed by atoms with Crippen LogP contribution < -0.4 is 0 Å². The lowest BCUT2D eigenvalue weighted by Gasteiger charge is -2.30. The van der Waals surface area contributed by atoms with E-state index in [-0.39, 0.29) is 5.91 Å². The molecule has 1 aromatic rings. The topological polar surface area (TPSA) is 51.0 Å². The van der Waals surface area contributed by atoms with Crippen LogP contribution in [0.25, 0.3) is 0 Å². The summed E-state index contributed by atoms with van der Waals surface area (Å²) in [7, 11) is 0. The number of carbonyl (C=O) groups excluding carboxylic acids is 1. The third-order valence-corrected chi connectivity index (χ3v) is 5.24. The number of likely N-dealkylation sites (tertiary alicyclic amines) is 1. The molecule has 0 N–H and O–H groups in total. The van der Waals surface area contributed by atoms with E-state index in [4.69, 9.17) is 0 Å². The molecule has 104 valence electrons. The van der Waals surface area contributed by atoms with E-state index in [1.807, 2.05) is 21.3 Å². The molecule has 1 aliphatic carbocycles. The predicted octanol–water partition coefficient (Wildman–Crippen LogP) is 1.86. The molecule has 19 heavy (non-hydrogen) atoms. The Balaban J connectivity index is 1.43. The largest absolute Gasteiger partial charge is 0.343 e. The van der Waals surface area contributed by atoms with E-state index < -0.39 is 0 Å². The van der Waals surface area contributed by atoms with Gasteiger partial charge < -0.3 is 4.90 Å². The zero-order chi connectivity index (χ0) is 13.2. The smallest absolute Gasteiger partial charge is 0.219 e. The van der Waals surface area contributed by atoms with Crippen molar-refractivity contribution in [2.75, 3.05) is 13.1 Å². The second kappa shape index (κ2) is 5.53. The first-order chi connectivity index (χ1) is 9.22. The highest BCUT2D eigenvalue weighted by Gasteiger charge is 2.25. The van der Waals surface area contributed by atoms with Gasteiger partial charge in [0.2, 0.25) is 5.91 Å². The van der Waals surface area contributed by atoms with Gasteiger partial charge in [0.05, 0.1) is 11.7 Å². The molecule has 0 spiro atoms. The number of carbonyl (C=O) groups is 1. The van der Waals surface area contributed by atoms with E-state index in [0.29, 0.717) is 11.3 Å². The minimum Gasteiger partial charge on any atom is -0.343 e. The van der Waals surface area contributed by atoms with Gasteiger partial charge in [0.1, 0.15) is 0 Å². The highest BCUT2D eigenvalue weighted by atomic mass is 32.2. The van der Waals surface area contributed by atoms with Crippen LogP contribution in [0.5, 0.6) is 0 Å². The summed E-state index contributed by atoms with van der Waals surface area (Å²) >= 11 is 1.96. The number of rotatable bonds is 4. The minimum atomic E-state index is 0.204. The van der Waals surface area contributed by atoms with Gasteiger partial charge in [-0.1, -0.05) is 5.21 Å². The van der Waals surface area contributed by atoms with E-state index in [1.54, 1.807) is 6.92 Å². The van der Waals surface area contributed by atoms with Crippen LogP contribution in [0.3, 0.4) is 0 Å². The highest BCUT2D eigenvalue weighted by Crippen LogP contribution is 2.34. The molecule has 0 unspecified atom stereocenters. The van der Waals surface area contributed by atoms with Gasteiger partial charge in [-0.2, -0.15) is 11.8 Å². The van der Waals surface area contributed by atoms with Crippen molar-refractivity contribution in [3.8, 4) is 0 Å². The second-order valence-corrected chi connectivity index (χ2v) is 6.73. The van der Waals surface area contributed by atoms with Crippen LogP contribution in [-0.2, 0) is 10.5 Å². The van der Waals surface area contributed by atoms with Gasteiger partial charge in [0, 0.05) is 37.2 Å². The van der Waals surface area contributed by atoms with Crippen LogP contribution in [0.15, 0.2) is 6.20 Å². The SMILES string of the molecule is CC(=O)N1CCC(SCc2cn(C3CC3)nn2)CC1. The van der Waals surface area contributed by atoms with Gasteiger partial charge in [-0.05, 0) is 25.7 Å². The first-order valence-electron chi connectivity index (χ1n) is 7.00. The Bertz CT molecular complexity index is 449. The van der Waals surface area contributed by atoms with Gasteiger partial charge >= 0.3 is 0 Å². The van der Waals surface area contributed by atoms with E-state index >= 15 is 0 Å². The number of amides is 1. The summed E-state index contributed by atoms with van der Waals surface area (Å²) in [5.74, 6) is 1.15. The summed E-state index contributed by atoms with van der Waals surface area (Å²) in [6.07, 6.45) is 6.79. The van der Waals surface area contributed by atoms with Crippen molar-refractivity contribution in [3.05, 3.63) is 11.9 Å². The first kappa shape index (κ1) is 13.0. The molecule has 2 fully saturated rings. The monoisotopic (exact) mass is 280 g/mol. The molecule has 6 heteroatoms. The molecule has 1 saturated heterocycles. The average Bonchev–Trinajstić information content (AvgIpc) is 3.16. The lowest BCUT2D eigenvalue weighted by molar-refractivity contribution is -0.129. The number of hydrogen-bond donors (Lipinski definition) is 0. The summed E-state index contributed by atoms with van der Waals surface area (Å²) in [5, 5.41) is 9.06. The Morgan fingerprint density at radius 1 is 1.37 bits per heavy atom. The van der Waals surface area contributed by atoms with Crippen molar-refractivity contribution in [1.82, 2.24) is 19.9 Å². The molecule has 0 atom stereocenters. The quantitative estimate of drug-likeness (QED) is 0.844. The van der Waals surface area contributed by atoms with Crippen LogP contribution >= 0.6 is 11.8 Å². The zero-order valence-electron chi connectivity index (χ0n) is 11.3. The Kier molecular flexibility index (Phi) is 3.77. The lowest BCUT2D eigenvalue weighted by Crippen LogP contribution is -2.37. The van der Waals surface area contributed by atoms with Gasteiger partial charge in [-0.25, -0.2) is 4.68 Å². The first-order valence-corrected chi connectivity index (χ1v) is 8.05. The third-order valence-electron chi connectivity index (χ3n) is 3.83. The Morgan fingerprint density at radius 3 is 2.74 bits per heavy atom. The van der Waals surface area contributed by atoms with Crippen molar-refractivity contribution in [2.45, 2.75) is 49.7 Å². The third kappa shape index (κ3) is 3.29. The Morgan fingerprint density at radius 2 is 2.11 bits per heavy atom. The molecule has 1 amide bonds. The maximum atomic E-state index is 11.3.